The second-order valence-electron chi connectivity index (χ2n) is 17.1. The number of halogens is 1. The zero-order chi connectivity index (χ0) is 36.7. The van der Waals surface area contributed by atoms with Crippen LogP contribution >= 0.6 is 11.6 Å². The van der Waals surface area contributed by atoms with Crippen LogP contribution in [0.25, 0.3) is 0 Å². The number of ether oxygens (including phenoxy) is 2. The summed E-state index contributed by atoms with van der Waals surface area (Å²) in [6, 6.07) is 12.4. The molecule has 1 saturated heterocycles. The van der Waals surface area contributed by atoms with Crippen molar-refractivity contribution in [1.29, 1.82) is 0 Å². The molecule has 12 heteroatoms. The van der Waals surface area contributed by atoms with Crippen molar-refractivity contribution in [3.8, 4) is 5.88 Å². The van der Waals surface area contributed by atoms with Crippen molar-refractivity contribution in [3.05, 3.63) is 75.4 Å². The molecule has 2 spiro atoms. The molecular formula is C41H50ClN5O5S. The van der Waals surface area contributed by atoms with Crippen LogP contribution in [-0.2, 0) is 40.0 Å². The number of benzene rings is 2. The molecule has 8 atom stereocenters. The first-order chi connectivity index (χ1) is 25.5. The number of amides is 2. The summed E-state index contributed by atoms with van der Waals surface area (Å²) in [5, 5.41) is 5.00. The van der Waals surface area contributed by atoms with Gasteiger partial charge in [0, 0.05) is 48.0 Å². The second-order valence-corrected chi connectivity index (χ2v) is 19.5. The van der Waals surface area contributed by atoms with Gasteiger partial charge < -0.3 is 14.4 Å². The lowest BCUT2D eigenvalue weighted by molar-refractivity contribution is -0.0706. The van der Waals surface area contributed by atoms with Gasteiger partial charge in [-0.05, 0) is 142 Å². The topological polar surface area (TPSA) is 115 Å². The van der Waals surface area contributed by atoms with Crippen LogP contribution < -0.4 is 14.4 Å². The largest absolute Gasteiger partial charge is 0.479 e. The first kappa shape index (κ1) is 35.3. The van der Waals surface area contributed by atoms with Gasteiger partial charge in [-0.3, -0.25) is 19.0 Å². The number of hydrogen-bond acceptors (Lipinski definition) is 7. The number of hydrogen-bond donors (Lipinski definition) is 1. The summed E-state index contributed by atoms with van der Waals surface area (Å²) in [5.41, 5.74) is 5.55. The van der Waals surface area contributed by atoms with Crippen molar-refractivity contribution in [3.63, 3.8) is 0 Å². The Balaban J connectivity index is 1.15. The molecule has 3 aliphatic heterocycles. The lowest BCUT2D eigenvalue weighted by Crippen LogP contribution is -2.50. The van der Waals surface area contributed by atoms with E-state index in [1.54, 1.807) is 7.05 Å². The Bertz CT molecular complexity index is 2110. The van der Waals surface area contributed by atoms with E-state index in [0.29, 0.717) is 17.4 Å². The monoisotopic (exact) mass is 759 g/mol. The van der Waals surface area contributed by atoms with Crippen molar-refractivity contribution in [2.24, 2.45) is 34.6 Å². The fourth-order valence-electron chi connectivity index (χ4n) is 11.4. The van der Waals surface area contributed by atoms with Crippen LogP contribution in [0.5, 0.6) is 5.88 Å². The van der Waals surface area contributed by atoms with E-state index in [4.69, 9.17) is 21.1 Å². The Kier molecular flexibility index (Phi) is 8.74. The molecule has 3 aliphatic carbocycles. The van der Waals surface area contributed by atoms with E-state index in [9.17, 15) is 13.8 Å². The van der Waals surface area contributed by atoms with Crippen LogP contribution in [0.15, 0.2) is 47.0 Å². The minimum absolute atomic E-state index is 0.0150. The van der Waals surface area contributed by atoms with Gasteiger partial charge >= 0.3 is 0 Å². The number of carbonyl (C=O) groups is 2. The van der Waals surface area contributed by atoms with Crippen LogP contribution in [-0.4, -0.2) is 64.0 Å². The molecule has 1 aromatic heterocycles. The Morgan fingerprint density at radius 1 is 1.08 bits per heavy atom. The van der Waals surface area contributed by atoms with Gasteiger partial charge in [-0.2, -0.15) is 0 Å². The summed E-state index contributed by atoms with van der Waals surface area (Å²) >= 11 is 6.53. The number of nitrogens with one attached hydrogen (secondary N) is 1. The Hall–Kier alpha value is -3.41. The molecule has 2 aromatic carbocycles. The second kappa shape index (κ2) is 13.1. The summed E-state index contributed by atoms with van der Waals surface area (Å²) in [5.74, 6) is -0.0264. The molecule has 9 rings (SSSR count). The number of aryl methyl sites for hydroxylation is 3. The maximum absolute atomic E-state index is 15.0. The van der Waals surface area contributed by atoms with E-state index < -0.39 is 21.7 Å². The number of fused-ring (bicyclic) bond motifs is 6. The molecular weight excluding hydrogens is 710 g/mol. The van der Waals surface area contributed by atoms with Crippen LogP contribution in [0.2, 0.25) is 5.02 Å². The standard InChI is InChI=1S/C41H50ClN5O5S/c1-25-19-41-15-12-26(20-41)23-53(50,45-38(49)33-22-46(2)43-39(33)51-3)44-37(48)29-7-6-27-13-16-40(14-4-5-28-17-31(42)9-11-34(28)40)24-47(35(27)18-29)21-30-8-10-32(30)36(41)52-25/h6-7,9,11,17-18,22,25-26,30,32,36H,4-5,8,10,12-16,19-21,23-24H2,1-3H3,(H,44,45,48,49,50)/t25?,26-,30+,32-,36-,40-,41+,53?/m1/s1. The highest BCUT2D eigenvalue weighted by Gasteiger charge is 2.57. The molecule has 3 aromatic rings. The van der Waals surface area contributed by atoms with Gasteiger partial charge in [-0.15, -0.1) is 9.46 Å². The number of anilines is 1. The van der Waals surface area contributed by atoms with E-state index in [2.05, 4.69) is 44.2 Å². The summed E-state index contributed by atoms with van der Waals surface area (Å²) in [7, 11) is -0.416. The van der Waals surface area contributed by atoms with Gasteiger partial charge in [0.25, 0.3) is 11.8 Å². The number of aromatic nitrogens is 2. The highest BCUT2D eigenvalue weighted by Crippen LogP contribution is 2.59. The van der Waals surface area contributed by atoms with Gasteiger partial charge in [-0.1, -0.05) is 23.7 Å². The fourth-order valence-corrected chi connectivity index (χ4v) is 13.5. The molecule has 3 fully saturated rings. The molecule has 1 N–H and O–H groups in total. The van der Waals surface area contributed by atoms with Gasteiger partial charge in [0.2, 0.25) is 5.88 Å². The first-order valence-corrected chi connectivity index (χ1v) is 21.5. The Morgan fingerprint density at radius 2 is 1.94 bits per heavy atom. The van der Waals surface area contributed by atoms with E-state index in [1.807, 2.05) is 18.2 Å². The highest BCUT2D eigenvalue weighted by molar-refractivity contribution is 7.92. The SMILES string of the molecule is COc1nn(C)cc1C(=O)NS1(=O)=NC(=O)c2ccc3c(c2)N(C[C@@H]2CC[C@H]2[C@H]2OC(C)C[C@]24CC[C@H](C4)C1)C[C@@]1(CCCc2cc(Cl)ccc21)CC3. The third-order valence-electron chi connectivity index (χ3n) is 13.7. The zero-order valence-corrected chi connectivity index (χ0v) is 32.5. The van der Waals surface area contributed by atoms with Crippen molar-refractivity contribution in [1.82, 2.24) is 14.5 Å². The third-order valence-corrected chi connectivity index (χ3v) is 15.8. The van der Waals surface area contributed by atoms with Crippen molar-refractivity contribution < 1.29 is 23.3 Å². The Morgan fingerprint density at radius 3 is 2.75 bits per heavy atom. The molecule has 4 heterocycles. The first-order valence-electron chi connectivity index (χ1n) is 19.5. The van der Waals surface area contributed by atoms with Crippen molar-refractivity contribution in [2.75, 3.05) is 30.9 Å². The van der Waals surface area contributed by atoms with E-state index in [0.717, 1.165) is 94.4 Å². The van der Waals surface area contributed by atoms with Crippen molar-refractivity contribution >= 4 is 39.0 Å². The summed E-state index contributed by atoms with van der Waals surface area (Å²) < 4.78 is 35.9. The summed E-state index contributed by atoms with van der Waals surface area (Å²) in [6.07, 6.45) is 13.0. The van der Waals surface area contributed by atoms with E-state index in [1.165, 1.54) is 34.7 Å². The van der Waals surface area contributed by atoms with E-state index in [-0.39, 0.29) is 46.2 Å². The highest BCUT2D eigenvalue weighted by atomic mass is 35.5. The van der Waals surface area contributed by atoms with Gasteiger partial charge in [0.05, 0.1) is 25.1 Å². The fraction of sp³-hybridized carbons (Fsp3) is 0.585. The average Bonchev–Trinajstić information content (AvgIpc) is 3.76. The van der Waals surface area contributed by atoms with Gasteiger partial charge in [0.15, 0.2) is 0 Å². The predicted molar refractivity (Wildman–Crippen MR) is 205 cm³/mol. The molecule has 2 amide bonds. The third kappa shape index (κ3) is 6.18. The maximum atomic E-state index is 15.0. The number of rotatable bonds is 3. The summed E-state index contributed by atoms with van der Waals surface area (Å²) in [4.78, 5) is 30.6. The molecule has 10 nitrogen and oxygen atoms in total. The minimum Gasteiger partial charge on any atom is -0.479 e. The smallest absolute Gasteiger partial charge is 0.286 e. The molecule has 2 saturated carbocycles. The van der Waals surface area contributed by atoms with Gasteiger partial charge in [-0.25, -0.2) is 4.21 Å². The van der Waals surface area contributed by atoms with Crippen LogP contribution in [0, 0.1) is 23.2 Å². The molecule has 2 unspecified atom stereocenters. The van der Waals surface area contributed by atoms with Crippen LogP contribution in [0.4, 0.5) is 5.69 Å². The molecule has 282 valence electrons. The zero-order valence-electron chi connectivity index (χ0n) is 30.9. The lowest BCUT2D eigenvalue weighted by Gasteiger charge is -2.49. The van der Waals surface area contributed by atoms with Crippen molar-refractivity contribution in [2.45, 2.75) is 95.2 Å². The lowest BCUT2D eigenvalue weighted by atomic mass is 9.62. The quantitative estimate of drug-likeness (QED) is 0.304. The molecule has 4 bridgehead atoms. The normalized spacial score (nSPS) is 34.8. The molecule has 53 heavy (non-hydrogen) atoms. The number of carbonyl (C=O) groups excluding carboxylic acids is 2. The minimum atomic E-state index is -3.54. The average molecular weight is 760 g/mol. The van der Waals surface area contributed by atoms with Gasteiger partial charge in [0.1, 0.15) is 15.5 Å². The van der Waals surface area contributed by atoms with E-state index >= 15 is 0 Å². The van der Waals surface area contributed by atoms with Crippen LogP contribution in [0.3, 0.4) is 0 Å². The number of methoxy groups -OCH3 is 1. The predicted octanol–water partition coefficient (Wildman–Crippen LogP) is 7.07. The van der Waals surface area contributed by atoms with Crippen LogP contribution in [0.1, 0.15) is 102 Å². The molecule has 6 aliphatic rings. The summed E-state index contributed by atoms with van der Waals surface area (Å²) in [6.45, 7) is 3.97. The maximum Gasteiger partial charge on any atom is 0.286 e. The molecule has 0 radical (unpaired) electrons. The number of nitrogens with zero attached hydrogens (tertiary/aromatic N) is 4. The Labute approximate surface area is 317 Å².